The van der Waals surface area contributed by atoms with Gasteiger partial charge < -0.3 is 0 Å². The molecule has 0 aromatic heterocycles. The van der Waals surface area contributed by atoms with E-state index in [9.17, 15) is 0 Å². The number of hydrogen-bond acceptors (Lipinski definition) is 0. The van der Waals surface area contributed by atoms with Gasteiger partial charge in [-0.1, -0.05) is 34.8 Å². The van der Waals surface area contributed by atoms with Crippen molar-refractivity contribution in [3.05, 3.63) is 11.1 Å². The predicted molar refractivity (Wildman–Crippen MR) is 28.4 cm³/mol. The molecule has 0 aliphatic heterocycles. The summed E-state index contributed by atoms with van der Waals surface area (Å²) in [4.78, 5) is 0. The third-order valence-electron chi connectivity index (χ3n) is 0.543. The predicted octanol–water partition coefficient (Wildman–Crippen LogP) is 2.30. The molecular formula is C3HCl3. The molecular weight excluding hydrogens is 142 g/mol. The van der Waals surface area contributed by atoms with Crippen molar-refractivity contribution in [3.63, 3.8) is 0 Å². The van der Waals surface area contributed by atoms with E-state index in [0.29, 0.717) is 5.03 Å². The smallest absolute Gasteiger partial charge is 0.0906 e. The van der Waals surface area contributed by atoms with Gasteiger partial charge in [-0.15, -0.1) is 0 Å². The molecule has 0 atom stereocenters. The van der Waals surface area contributed by atoms with E-state index in [0.717, 1.165) is 0 Å². The lowest BCUT2D eigenvalue weighted by Crippen LogP contribution is -1.82. The molecule has 0 spiro atoms. The highest BCUT2D eigenvalue weighted by Gasteiger charge is 2.38. The first kappa shape index (κ1) is 4.76. The number of allylic oxidation sites excluding steroid dienone is 2. The molecule has 6 heavy (non-hydrogen) atoms. The van der Waals surface area contributed by atoms with Crippen molar-refractivity contribution in [3.8, 4) is 0 Å². The first-order chi connectivity index (χ1) is 2.63. The van der Waals surface area contributed by atoms with Crippen LogP contribution in [0.3, 0.4) is 0 Å². The number of rotatable bonds is 0. The van der Waals surface area contributed by atoms with Gasteiger partial charge in [0, 0.05) is 0 Å². The molecule has 0 aromatic rings. The van der Waals surface area contributed by atoms with Crippen LogP contribution in [0.1, 0.15) is 0 Å². The molecule has 0 heterocycles. The van der Waals surface area contributed by atoms with Gasteiger partial charge in [0.2, 0.25) is 0 Å². The first-order valence-corrected chi connectivity index (χ1v) is 2.53. The normalized spacial score (nSPS) is 26.2. The largest absolute Gasteiger partial charge is 0.172 e. The molecule has 0 radical (unpaired) electrons. The summed E-state index contributed by atoms with van der Waals surface area (Å²) in [6.45, 7) is 0. The fraction of sp³-hybridized carbons (Fsp3) is 0.333. The summed E-state index contributed by atoms with van der Waals surface area (Å²) in [7, 11) is 0. The highest BCUT2D eigenvalue weighted by atomic mass is 35.5. The lowest BCUT2D eigenvalue weighted by Gasteiger charge is -1.86. The minimum absolute atomic E-state index is 0.533. The van der Waals surface area contributed by atoms with Crippen LogP contribution in [-0.2, 0) is 0 Å². The van der Waals surface area contributed by atoms with Crippen LogP contribution >= 0.6 is 34.8 Å². The zero-order valence-corrected chi connectivity index (χ0v) is 4.98. The molecule has 0 nitrogen and oxygen atoms in total. The van der Waals surface area contributed by atoms with Gasteiger partial charge >= 0.3 is 0 Å². The minimum atomic E-state index is -0.790. The Morgan fingerprint density at radius 1 is 1.50 bits per heavy atom. The van der Waals surface area contributed by atoms with Crippen molar-refractivity contribution in [2.45, 2.75) is 4.33 Å². The van der Waals surface area contributed by atoms with Gasteiger partial charge in [0.05, 0.1) is 5.03 Å². The fourth-order valence-electron chi connectivity index (χ4n) is 0.123. The van der Waals surface area contributed by atoms with Crippen molar-refractivity contribution >= 4 is 34.8 Å². The summed E-state index contributed by atoms with van der Waals surface area (Å²) < 4.78 is -0.790. The van der Waals surface area contributed by atoms with Crippen LogP contribution in [0.25, 0.3) is 0 Å². The Kier molecular flexibility index (Phi) is 0.840. The van der Waals surface area contributed by atoms with Crippen LogP contribution in [0, 0.1) is 0 Å². The van der Waals surface area contributed by atoms with Crippen molar-refractivity contribution in [2.75, 3.05) is 0 Å². The highest BCUT2D eigenvalue weighted by molar-refractivity contribution is 6.62. The quantitative estimate of drug-likeness (QED) is 0.457. The van der Waals surface area contributed by atoms with Gasteiger partial charge in [0.25, 0.3) is 0 Å². The Bertz CT molecular complexity index is 103. The summed E-state index contributed by atoms with van der Waals surface area (Å²) >= 11 is 15.9. The molecule has 1 rings (SSSR count). The zero-order valence-electron chi connectivity index (χ0n) is 2.71. The average Bonchev–Trinajstić information content (AvgIpc) is 1.73. The minimum Gasteiger partial charge on any atom is -0.0906 e. The first-order valence-electron chi connectivity index (χ1n) is 1.39. The molecule has 0 saturated carbocycles. The van der Waals surface area contributed by atoms with Gasteiger partial charge in [-0.25, -0.2) is 0 Å². The van der Waals surface area contributed by atoms with Crippen molar-refractivity contribution in [1.82, 2.24) is 0 Å². The summed E-state index contributed by atoms with van der Waals surface area (Å²) in [6, 6.07) is 0. The van der Waals surface area contributed by atoms with E-state index in [4.69, 9.17) is 34.8 Å². The lowest BCUT2D eigenvalue weighted by atomic mass is 10.8. The molecule has 0 saturated heterocycles. The second kappa shape index (κ2) is 1.06. The Morgan fingerprint density at radius 3 is 1.67 bits per heavy atom. The van der Waals surface area contributed by atoms with Crippen molar-refractivity contribution in [1.29, 1.82) is 0 Å². The van der Waals surface area contributed by atoms with E-state index in [-0.39, 0.29) is 0 Å². The molecule has 0 aromatic carbocycles. The van der Waals surface area contributed by atoms with E-state index in [2.05, 4.69) is 0 Å². The van der Waals surface area contributed by atoms with E-state index in [1.807, 2.05) is 0 Å². The van der Waals surface area contributed by atoms with Gasteiger partial charge in [0.15, 0.2) is 4.33 Å². The standard InChI is InChI=1S/C3HCl3/c4-2-1-3(2,5)6/h1H. The average molecular weight is 143 g/mol. The molecule has 0 N–H and O–H groups in total. The maximum absolute atomic E-state index is 5.33. The molecule has 1 aliphatic rings. The lowest BCUT2D eigenvalue weighted by molar-refractivity contribution is 1.50. The molecule has 34 valence electrons. The molecule has 3 heteroatoms. The zero-order chi connectivity index (χ0) is 4.78. The summed E-state index contributed by atoms with van der Waals surface area (Å²) in [6.07, 6.45) is 1.57. The second-order valence-electron chi connectivity index (χ2n) is 1.12. The van der Waals surface area contributed by atoms with Gasteiger partial charge in [0.1, 0.15) is 0 Å². The Hall–Kier alpha value is 0.610. The Balaban J connectivity index is 2.53. The summed E-state index contributed by atoms with van der Waals surface area (Å²) in [5.74, 6) is 0. The third-order valence-corrected chi connectivity index (χ3v) is 1.77. The second-order valence-corrected chi connectivity index (χ2v) is 2.91. The number of alkyl halides is 2. The fourth-order valence-corrected chi connectivity index (χ4v) is 0.617. The van der Waals surface area contributed by atoms with E-state index < -0.39 is 4.33 Å². The van der Waals surface area contributed by atoms with Crippen molar-refractivity contribution in [2.24, 2.45) is 0 Å². The molecule has 1 aliphatic carbocycles. The SMILES string of the molecule is ClC1=CC1(Cl)Cl. The van der Waals surface area contributed by atoms with Crippen LogP contribution in [0.15, 0.2) is 11.1 Å². The maximum atomic E-state index is 5.33. The highest BCUT2D eigenvalue weighted by Crippen LogP contribution is 2.47. The summed E-state index contributed by atoms with van der Waals surface area (Å²) in [5, 5.41) is 0.533. The Morgan fingerprint density at radius 2 is 1.67 bits per heavy atom. The number of halogens is 3. The molecule has 0 unspecified atom stereocenters. The van der Waals surface area contributed by atoms with E-state index in [1.165, 1.54) is 0 Å². The molecule has 0 bridgehead atoms. The van der Waals surface area contributed by atoms with Crippen LogP contribution < -0.4 is 0 Å². The Labute approximate surface area is 50.7 Å². The van der Waals surface area contributed by atoms with E-state index in [1.54, 1.807) is 6.08 Å². The van der Waals surface area contributed by atoms with E-state index >= 15 is 0 Å². The molecule has 0 amide bonds. The van der Waals surface area contributed by atoms with Gasteiger partial charge in [-0.05, 0) is 6.08 Å². The molecule has 0 fully saturated rings. The maximum Gasteiger partial charge on any atom is 0.172 e. The van der Waals surface area contributed by atoms with Crippen LogP contribution in [-0.4, -0.2) is 4.33 Å². The third kappa shape index (κ3) is 0.651. The van der Waals surface area contributed by atoms with Gasteiger partial charge in [-0.2, -0.15) is 0 Å². The van der Waals surface area contributed by atoms with Crippen LogP contribution in [0.4, 0.5) is 0 Å². The van der Waals surface area contributed by atoms with Crippen molar-refractivity contribution < 1.29 is 0 Å². The van der Waals surface area contributed by atoms with Crippen LogP contribution in [0.5, 0.6) is 0 Å². The monoisotopic (exact) mass is 142 g/mol. The number of hydrogen-bond donors (Lipinski definition) is 0. The van der Waals surface area contributed by atoms with Gasteiger partial charge in [-0.3, -0.25) is 0 Å². The topological polar surface area (TPSA) is 0 Å². The summed E-state index contributed by atoms with van der Waals surface area (Å²) in [5.41, 5.74) is 0. The van der Waals surface area contributed by atoms with Crippen LogP contribution in [0.2, 0.25) is 0 Å².